The zero-order valence-electron chi connectivity index (χ0n) is 11.2. The van der Waals surface area contributed by atoms with Crippen molar-refractivity contribution in [2.75, 3.05) is 0 Å². The van der Waals surface area contributed by atoms with Gasteiger partial charge in [0.05, 0.1) is 0 Å². The Morgan fingerprint density at radius 2 is 1.56 bits per heavy atom. The molecule has 0 amide bonds. The van der Waals surface area contributed by atoms with Crippen LogP contribution < -0.4 is 0 Å². The molecule has 0 saturated carbocycles. The number of hydrogen-bond acceptors (Lipinski definition) is 0. The van der Waals surface area contributed by atoms with Gasteiger partial charge in [-0.25, -0.2) is 0 Å². The SMILES string of the molecule is C=C(CC)C(=C)c1cc(C)c(C)c(C)c1C. The Kier molecular flexibility index (Phi) is 3.74. The van der Waals surface area contributed by atoms with Gasteiger partial charge in [0.15, 0.2) is 0 Å². The van der Waals surface area contributed by atoms with E-state index in [1.807, 2.05) is 0 Å². The summed E-state index contributed by atoms with van der Waals surface area (Å²) in [4.78, 5) is 0. The predicted octanol–water partition coefficient (Wildman–Crippen LogP) is 4.90. The lowest BCUT2D eigenvalue weighted by atomic mass is 9.88. The molecule has 1 rings (SSSR count). The Bertz CT molecular complexity index is 448. The second-order valence-corrected chi connectivity index (χ2v) is 4.55. The Balaban J connectivity index is 3.36. The third-order valence-corrected chi connectivity index (χ3v) is 3.66. The first kappa shape index (κ1) is 12.8. The first-order valence-corrected chi connectivity index (χ1v) is 5.85. The van der Waals surface area contributed by atoms with Gasteiger partial charge in [-0.2, -0.15) is 0 Å². The smallest absolute Gasteiger partial charge is 0.0153 e. The van der Waals surface area contributed by atoms with E-state index in [1.54, 1.807) is 0 Å². The normalized spacial score (nSPS) is 10.3. The van der Waals surface area contributed by atoms with Crippen molar-refractivity contribution in [3.63, 3.8) is 0 Å². The fraction of sp³-hybridized carbons (Fsp3) is 0.375. The van der Waals surface area contributed by atoms with Crippen LogP contribution in [0.5, 0.6) is 0 Å². The third kappa shape index (κ3) is 2.11. The molecule has 0 heteroatoms. The molecule has 0 atom stereocenters. The fourth-order valence-electron chi connectivity index (χ4n) is 1.93. The molecule has 0 spiro atoms. The summed E-state index contributed by atoms with van der Waals surface area (Å²) in [6.07, 6.45) is 0.963. The molecule has 0 unspecified atom stereocenters. The quantitative estimate of drug-likeness (QED) is 0.628. The number of rotatable bonds is 3. The maximum absolute atomic E-state index is 4.17. The highest BCUT2D eigenvalue weighted by Crippen LogP contribution is 2.29. The van der Waals surface area contributed by atoms with Crippen molar-refractivity contribution in [1.29, 1.82) is 0 Å². The largest absolute Gasteiger partial charge is 0.0952 e. The monoisotopic (exact) mass is 214 g/mol. The summed E-state index contributed by atoms with van der Waals surface area (Å²) in [5, 5.41) is 0. The molecule has 0 heterocycles. The molecule has 0 aromatic heterocycles. The molecule has 0 nitrogen and oxygen atoms in total. The van der Waals surface area contributed by atoms with Crippen LogP contribution in [0.2, 0.25) is 0 Å². The van der Waals surface area contributed by atoms with Gasteiger partial charge in [0, 0.05) is 0 Å². The molecule has 86 valence electrons. The van der Waals surface area contributed by atoms with Gasteiger partial charge in [0.25, 0.3) is 0 Å². The Morgan fingerprint density at radius 1 is 1.00 bits per heavy atom. The van der Waals surface area contributed by atoms with Gasteiger partial charge in [-0.05, 0) is 73.1 Å². The van der Waals surface area contributed by atoms with Crippen LogP contribution in [-0.4, -0.2) is 0 Å². The number of allylic oxidation sites excluding steroid dienone is 2. The topological polar surface area (TPSA) is 0 Å². The van der Waals surface area contributed by atoms with Crippen LogP contribution in [0.4, 0.5) is 0 Å². The fourth-order valence-corrected chi connectivity index (χ4v) is 1.93. The van der Waals surface area contributed by atoms with E-state index in [0.29, 0.717) is 0 Å². The van der Waals surface area contributed by atoms with Crippen molar-refractivity contribution in [1.82, 2.24) is 0 Å². The average molecular weight is 214 g/mol. The van der Waals surface area contributed by atoms with Crippen LogP contribution in [0, 0.1) is 27.7 Å². The zero-order chi connectivity index (χ0) is 12.5. The molecule has 0 aliphatic carbocycles. The lowest BCUT2D eigenvalue weighted by Crippen LogP contribution is -1.98. The summed E-state index contributed by atoms with van der Waals surface area (Å²) in [7, 11) is 0. The molecular weight excluding hydrogens is 192 g/mol. The van der Waals surface area contributed by atoms with Crippen LogP contribution in [0.3, 0.4) is 0 Å². The van der Waals surface area contributed by atoms with Crippen molar-refractivity contribution in [2.24, 2.45) is 0 Å². The van der Waals surface area contributed by atoms with E-state index >= 15 is 0 Å². The third-order valence-electron chi connectivity index (χ3n) is 3.66. The Hall–Kier alpha value is -1.30. The summed E-state index contributed by atoms with van der Waals surface area (Å²) in [6, 6.07) is 2.24. The van der Waals surface area contributed by atoms with Crippen LogP contribution in [0.25, 0.3) is 5.57 Å². The molecular formula is C16H22. The number of hydrogen-bond donors (Lipinski definition) is 0. The molecule has 0 aliphatic rings. The van der Waals surface area contributed by atoms with Gasteiger partial charge in [0.2, 0.25) is 0 Å². The second-order valence-electron chi connectivity index (χ2n) is 4.55. The maximum atomic E-state index is 4.17. The molecule has 0 N–H and O–H groups in total. The van der Waals surface area contributed by atoms with Gasteiger partial charge in [-0.15, -0.1) is 0 Å². The molecule has 0 aliphatic heterocycles. The molecule has 0 saturated heterocycles. The molecule has 0 bridgehead atoms. The summed E-state index contributed by atoms with van der Waals surface area (Å²) in [5.41, 5.74) is 8.91. The van der Waals surface area contributed by atoms with Crippen molar-refractivity contribution in [3.8, 4) is 0 Å². The van der Waals surface area contributed by atoms with E-state index in [4.69, 9.17) is 0 Å². The van der Waals surface area contributed by atoms with E-state index in [1.165, 1.54) is 27.8 Å². The first-order chi connectivity index (χ1) is 7.40. The Morgan fingerprint density at radius 3 is 2.06 bits per heavy atom. The maximum Gasteiger partial charge on any atom is -0.0153 e. The van der Waals surface area contributed by atoms with Crippen molar-refractivity contribution in [3.05, 3.63) is 52.6 Å². The van der Waals surface area contributed by atoms with E-state index in [9.17, 15) is 0 Å². The predicted molar refractivity (Wildman–Crippen MR) is 73.9 cm³/mol. The van der Waals surface area contributed by atoms with Crippen molar-refractivity contribution in [2.45, 2.75) is 41.0 Å². The van der Waals surface area contributed by atoms with E-state index in [0.717, 1.165) is 17.6 Å². The van der Waals surface area contributed by atoms with Crippen LogP contribution in [0.1, 0.15) is 41.2 Å². The van der Waals surface area contributed by atoms with Crippen LogP contribution in [-0.2, 0) is 0 Å². The highest BCUT2D eigenvalue weighted by molar-refractivity contribution is 5.79. The molecule has 1 aromatic rings. The number of aryl methyl sites for hydroxylation is 1. The molecule has 0 radical (unpaired) electrons. The van der Waals surface area contributed by atoms with Gasteiger partial charge in [-0.3, -0.25) is 0 Å². The summed E-state index contributed by atoms with van der Waals surface area (Å²) in [5.74, 6) is 0. The number of benzene rings is 1. The van der Waals surface area contributed by atoms with E-state index < -0.39 is 0 Å². The summed E-state index contributed by atoms with van der Waals surface area (Å²) >= 11 is 0. The van der Waals surface area contributed by atoms with Crippen molar-refractivity contribution < 1.29 is 0 Å². The lowest BCUT2D eigenvalue weighted by Gasteiger charge is -2.17. The van der Waals surface area contributed by atoms with Crippen LogP contribution in [0.15, 0.2) is 24.8 Å². The Labute approximate surface area is 99.7 Å². The van der Waals surface area contributed by atoms with E-state index in [2.05, 4.69) is 53.8 Å². The van der Waals surface area contributed by atoms with Crippen LogP contribution >= 0.6 is 0 Å². The average Bonchev–Trinajstić information content (AvgIpc) is 2.29. The molecule has 1 aromatic carbocycles. The van der Waals surface area contributed by atoms with Gasteiger partial charge >= 0.3 is 0 Å². The molecule has 0 fully saturated rings. The minimum Gasteiger partial charge on any atom is -0.0952 e. The first-order valence-electron chi connectivity index (χ1n) is 5.85. The minimum absolute atomic E-state index is 0.963. The highest BCUT2D eigenvalue weighted by Gasteiger charge is 2.10. The van der Waals surface area contributed by atoms with Gasteiger partial charge in [0.1, 0.15) is 0 Å². The van der Waals surface area contributed by atoms with Gasteiger partial charge in [-0.1, -0.05) is 26.1 Å². The minimum atomic E-state index is 0.963. The highest BCUT2D eigenvalue weighted by atomic mass is 14.1. The molecule has 16 heavy (non-hydrogen) atoms. The zero-order valence-corrected chi connectivity index (χ0v) is 11.2. The second kappa shape index (κ2) is 4.69. The standard InChI is InChI=1S/C16H22/c1-8-10(2)13(5)16-9-11(3)12(4)14(6)15(16)7/h9H,2,5,8H2,1,3-4,6-7H3. The summed E-state index contributed by atoms with van der Waals surface area (Å²) in [6.45, 7) is 19.1. The van der Waals surface area contributed by atoms with Gasteiger partial charge < -0.3 is 0 Å². The summed E-state index contributed by atoms with van der Waals surface area (Å²) < 4.78 is 0. The van der Waals surface area contributed by atoms with E-state index in [-0.39, 0.29) is 0 Å². The lowest BCUT2D eigenvalue weighted by molar-refractivity contribution is 1.15. The van der Waals surface area contributed by atoms with Crippen molar-refractivity contribution >= 4 is 5.57 Å².